The highest BCUT2D eigenvalue weighted by Gasteiger charge is 2.39. The summed E-state index contributed by atoms with van der Waals surface area (Å²) >= 11 is 0. The van der Waals surface area contributed by atoms with E-state index >= 15 is 0 Å². The number of carbonyl (C=O) groups excluding carboxylic acids is 1. The van der Waals surface area contributed by atoms with E-state index in [9.17, 15) is 4.79 Å². The van der Waals surface area contributed by atoms with Crippen molar-refractivity contribution < 1.29 is 13.6 Å². The molecule has 0 spiro atoms. The molecular formula is C22H44O3Si2. The summed E-state index contributed by atoms with van der Waals surface area (Å²) in [5, 5.41) is 0.329. The summed E-state index contributed by atoms with van der Waals surface area (Å²) in [7, 11) is -3.67. The smallest absolute Gasteiger partial charge is 0.192 e. The number of hydrogen-bond donors (Lipinski definition) is 0. The zero-order valence-electron chi connectivity index (χ0n) is 19.9. The minimum atomic E-state index is -1.94. The minimum absolute atomic E-state index is 0.114. The van der Waals surface area contributed by atoms with Crippen LogP contribution in [0.4, 0.5) is 0 Å². The van der Waals surface area contributed by atoms with Crippen molar-refractivity contribution in [3.05, 3.63) is 23.8 Å². The number of rotatable bonds is 9. The molecule has 0 aliphatic carbocycles. The van der Waals surface area contributed by atoms with E-state index in [2.05, 4.69) is 92.9 Å². The summed E-state index contributed by atoms with van der Waals surface area (Å²) in [6.45, 7) is 27.0. The van der Waals surface area contributed by atoms with Gasteiger partial charge in [-0.25, -0.2) is 0 Å². The molecular weight excluding hydrogens is 368 g/mol. The normalized spacial score (nSPS) is 17.3. The first kappa shape index (κ1) is 26.5. The van der Waals surface area contributed by atoms with Gasteiger partial charge in [-0.05, 0) is 43.2 Å². The lowest BCUT2D eigenvalue weighted by Gasteiger charge is -2.39. The van der Waals surface area contributed by atoms with Gasteiger partial charge >= 0.3 is 0 Å². The average Bonchev–Trinajstić information content (AvgIpc) is 2.47. The standard InChI is InChI=1S/C22H44O3Si2/c1-18(14-13-15-24-26(9,10)21(3,4)5)16-20(19(2)17-23)25-27(11,12)22(6,7)8/h13-14,16-17,19-20H,15H2,1-12H3/b14-13+,18-16+/t19-,20+/m0/s1. The van der Waals surface area contributed by atoms with E-state index in [0.717, 1.165) is 11.9 Å². The van der Waals surface area contributed by atoms with Gasteiger partial charge in [-0.3, -0.25) is 0 Å². The van der Waals surface area contributed by atoms with E-state index in [-0.39, 0.29) is 22.1 Å². The Hall–Kier alpha value is -0.496. The molecule has 0 saturated carbocycles. The van der Waals surface area contributed by atoms with Crippen molar-refractivity contribution in [1.29, 1.82) is 0 Å². The molecule has 0 rings (SSSR count). The third-order valence-electron chi connectivity index (χ3n) is 6.12. The average molecular weight is 413 g/mol. The van der Waals surface area contributed by atoms with Crippen LogP contribution in [-0.4, -0.2) is 35.6 Å². The first-order chi connectivity index (χ1) is 11.9. The second kappa shape index (κ2) is 9.81. The Balaban J connectivity index is 5.14. The highest BCUT2D eigenvalue weighted by Crippen LogP contribution is 2.38. The van der Waals surface area contributed by atoms with Crippen molar-refractivity contribution in [2.75, 3.05) is 6.61 Å². The van der Waals surface area contributed by atoms with Gasteiger partial charge in [0.1, 0.15) is 6.29 Å². The van der Waals surface area contributed by atoms with Gasteiger partial charge in [0.2, 0.25) is 0 Å². The van der Waals surface area contributed by atoms with E-state index in [4.69, 9.17) is 8.85 Å². The van der Waals surface area contributed by atoms with Crippen LogP contribution >= 0.6 is 0 Å². The molecule has 0 fully saturated rings. The number of hydrogen-bond acceptors (Lipinski definition) is 3. The molecule has 0 aromatic carbocycles. The fourth-order valence-electron chi connectivity index (χ4n) is 1.91. The molecule has 3 nitrogen and oxygen atoms in total. The highest BCUT2D eigenvalue weighted by atomic mass is 28.4. The molecule has 0 heterocycles. The van der Waals surface area contributed by atoms with E-state index in [1.807, 2.05) is 6.92 Å². The molecule has 2 atom stereocenters. The Kier molecular flexibility index (Phi) is 9.63. The van der Waals surface area contributed by atoms with E-state index < -0.39 is 16.6 Å². The fourth-order valence-corrected chi connectivity index (χ4v) is 4.17. The maximum atomic E-state index is 11.4. The molecule has 0 radical (unpaired) electrons. The van der Waals surface area contributed by atoms with Gasteiger partial charge in [0.15, 0.2) is 16.6 Å². The van der Waals surface area contributed by atoms with Crippen molar-refractivity contribution in [3.8, 4) is 0 Å². The Morgan fingerprint density at radius 2 is 1.44 bits per heavy atom. The van der Waals surface area contributed by atoms with Crippen molar-refractivity contribution in [3.63, 3.8) is 0 Å². The van der Waals surface area contributed by atoms with Gasteiger partial charge < -0.3 is 13.6 Å². The molecule has 0 aliphatic rings. The lowest BCUT2D eigenvalue weighted by molar-refractivity contribution is -0.112. The van der Waals surface area contributed by atoms with Gasteiger partial charge in [0, 0.05) is 5.92 Å². The Morgan fingerprint density at radius 1 is 0.963 bits per heavy atom. The van der Waals surface area contributed by atoms with Gasteiger partial charge in [-0.15, -0.1) is 0 Å². The monoisotopic (exact) mass is 412 g/mol. The van der Waals surface area contributed by atoms with Crippen LogP contribution in [0, 0.1) is 5.92 Å². The lowest BCUT2D eigenvalue weighted by atomic mass is 10.0. The summed E-state index contributed by atoms with van der Waals surface area (Å²) in [5.74, 6) is -0.161. The zero-order valence-corrected chi connectivity index (χ0v) is 21.9. The van der Waals surface area contributed by atoms with Crippen LogP contribution in [-0.2, 0) is 13.6 Å². The molecule has 27 heavy (non-hydrogen) atoms. The maximum Gasteiger partial charge on any atom is 0.192 e. The van der Waals surface area contributed by atoms with Crippen molar-refractivity contribution in [1.82, 2.24) is 0 Å². The molecule has 158 valence electrons. The second-order valence-corrected chi connectivity index (χ2v) is 20.3. The van der Waals surface area contributed by atoms with Crippen molar-refractivity contribution in [2.45, 2.75) is 97.8 Å². The molecule has 5 heteroatoms. The second-order valence-electron chi connectivity index (χ2n) is 10.7. The molecule has 0 aromatic rings. The van der Waals surface area contributed by atoms with Gasteiger partial charge in [0.25, 0.3) is 0 Å². The molecule has 0 amide bonds. The molecule has 0 saturated heterocycles. The van der Waals surface area contributed by atoms with Crippen LogP contribution < -0.4 is 0 Å². The zero-order chi connectivity index (χ0) is 21.7. The van der Waals surface area contributed by atoms with E-state index in [1.165, 1.54) is 0 Å². The highest BCUT2D eigenvalue weighted by molar-refractivity contribution is 6.74. The first-order valence-electron chi connectivity index (χ1n) is 10.1. The summed E-state index contributed by atoms with van der Waals surface area (Å²) in [6, 6.07) is 0. The number of carbonyl (C=O) groups is 1. The largest absolute Gasteiger partial charge is 0.413 e. The summed E-state index contributed by atoms with van der Waals surface area (Å²) in [6.07, 6.45) is 7.04. The number of allylic oxidation sites excluding steroid dienone is 2. The SMILES string of the molecule is CC(/C=C/CO[Si](C)(C)C(C)(C)C)=C\[C@@H](O[Si](C)(C)C(C)(C)C)[C@@H](C)C=O. The quantitative estimate of drug-likeness (QED) is 0.239. The Labute approximate surface area is 170 Å². The predicted octanol–water partition coefficient (Wildman–Crippen LogP) is 6.74. The van der Waals surface area contributed by atoms with Crippen LogP contribution in [0.25, 0.3) is 0 Å². The van der Waals surface area contributed by atoms with Gasteiger partial charge in [-0.1, -0.05) is 72.3 Å². The third-order valence-corrected chi connectivity index (χ3v) is 15.1. The molecule has 0 bridgehead atoms. The maximum absolute atomic E-state index is 11.4. The molecule has 0 aromatic heterocycles. The first-order valence-corrected chi connectivity index (χ1v) is 15.9. The minimum Gasteiger partial charge on any atom is -0.413 e. The summed E-state index contributed by atoms with van der Waals surface area (Å²) in [5.41, 5.74) is 1.10. The van der Waals surface area contributed by atoms with Crippen LogP contribution in [0.1, 0.15) is 55.4 Å². The lowest BCUT2D eigenvalue weighted by Crippen LogP contribution is -2.45. The van der Waals surface area contributed by atoms with Crippen LogP contribution in [0.2, 0.25) is 36.3 Å². The predicted molar refractivity (Wildman–Crippen MR) is 123 cm³/mol. The summed E-state index contributed by atoms with van der Waals surface area (Å²) < 4.78 is 12.7. The van der Waals surface area contributed by atoms with Gasteiger partial charge in [-0.2, -0.15) is 0 Å². The number of aldehydes is 1. The van der Waals surface area contributed by atoms with Crippen LogP contribution in [0.15, 0.2) is 23.8 Å². The Morgan fingerprint density at radius 3 is 1.85 bits per heavy atom. The van der Waals surface area contributed by atoms with E-state index in [0.29, 0.717) is 6.61 Å². The van der Waals surface area contributed by atoms with Gasteiger partial charge in [0.05, 0.1) is 12.7 Å². The summed E-state index contributed by atoms with van der Waals surface area (Å²) in [4.78, 5) is 11.4. The van der Waals surface area contributed by atoms with E-state index in [1.54, 1.807) is 0 Å². The van der Waals surface area contributed by atoms with Crippen molar-refractivity contribution in [2.24, 2.45) is 5.92 Å². The topological polar surface area (TPSA) is 35.5 Å². The molecule has 0 aliphatic heterocycles. The van der Waals surface area contributed by atoms with Crippen LogP contribution in [0.5, 0.6) is 0 Å². The van der Waals surface area contributed by atoms with Crippen molar-refractivity contribution >= 4 is 22.9 Å². The molecule has 0 N–H and O–H groups in total. The Bertz CT molecular complexity index is 535. The third kappa shape index (κ3) is 8.59. The molecule has 0 unspecified atom stereocenters. The van der Waals surface area contributed by atoms with Crippen LogP contribution in [0.3, 0.4) is 0 Å². The fraction of sp³-hybridized carbons (Fsp3) is 0.773.